The number of ketones is 1. The number of carbonyl (C=O) groups excluding carboxylic acids is 1. The van der Waals surface area contributed by atoms with Crippen LogP contribution in [0.5, 0.6) is 0 Å². The van der Waals surface area contributed by atoms with Crippen LogP contribution in [0.3, 0.4) is 0 Å². The van der Waals surface area contributed by atoms with E-state index >= 15 is 0 Å². The highest BCUT2D eigenvalue weighted by Crippen LogP contribution is 2.30. The third-order valence-corrected chi connectivity index (χ3v) is 6.92. The third-order valence-electron chi connectivity index (χ3n) is 5.99. The number of carbonyl (C=O) groups is 1. The van der Waals surface area contributed by atoms with E-state index in [0.717, 1.165) is 39.5 Å². The monoisotopic (exact) mass is 479 g/mol. The summed E-state index contributed by atoms with van der Waals surface area (Å²) in [7, 11) is 0. The van der Waals surface area contributed by atoms with Crippen LogP contribution in [-0.2, 0) is 0 Å². The number of benzene rings is 2. The Morgan fingerprint density at radius 1 is 0.886 bits per heavy atom. The molecule has 0 radical (unpaired) electrons. The topological polar surface area (TPSA) is 65.6 Å². The molecule has 3 aromatic heterocycles. The fraction of sp³-hybridized carbons (Fsp3) is 0.143. The Hall–Kier alpha value is -3.97. The van der Waals surface area contributed by atoms with Crippen molar-refractivity contribution in [3.05, 3.63) is 108 Å². The molecule has 0 saturated heterocycles. The van der Waals surface area contributed by atoms with Gasteiger partial charge in [-0.2, -0.15) is 0 Å². The van der Waals surface area contributed by atoms with Crippen LogP contribution in [-0.4, -0.2) is 35.9 Å². The summed E-state index contributed by atoms with van der Waals surface area (Å²) in [5.41, 5.74) is 6.70. The van der Waals surface area contributed by atoms with Crippen molar-refractivity contribution < 1.29 is 4.79 Å². The first-order valence-electron chi connectivity index (χ1n) is 11.4. The highest BCUT2D eigenvalue weighted by atomic mass is 32.2. The maximum atomic E-state index is 13.3. The van der Waals surface area contributed by atoms with Crippen LogP contribution in [0.1, 0.15) is 27.3 Å². The maximum Gasteiger partial charge on any atom is 0.196 e. The molecule has 0 aliphatic rings. The predicted molar refractivity (Wildman–Crippen MR) is 140 cm³/mol. The first kappa shape index (κ1) is 22.8. The van der Waals surface area contributed by atoms with Gasteiger partial charge in [0.2, 0.25) is 0 Å². The summed E-state index contributed by atoms with van der Waals surface area (Å²) in [6, 6.07) is 24.0. The Morgan fingerprint density at radius 2 is 1.66 bits per heavy atom. The molecule has 0 unspecified atom stereocenters. The van der Waals surface area contributed by atoms with E-state index in [9.17, 15) is 4.79 Å². The number of rotatable bonds is 7. The number of aromatic nitrogens is 5. The molecule has 6 nitrogen and oxygen atoms in total. The lowest BCUT2D eigenvalue weighted by Crippen LogP contribution is -2.07. The summed E-state index contributed by atoms with van der Waals surface area (Å²) in [6.07, 6.45) is 3.51. The van der Waals surface area contributed by atoms with Crippen LogP contribution in [0.15, 0.2) is 90.3 Å². The molecule has 2 aromatic carbocycles. The van der Waals surface area contributed by atoms with Crippen LogP contribution in [0, 0.1) is 20.8 Å². The normalized spacial score (nSPS) is 11.1. The zero-order valence-corrected chi connectivity index (χ0v) is 20.7. The van der Waals surface area contributed by atoms with E-state index in [-0.39, 0.29) is 11.5 Å². The second-order valence-corrected chi connectivity index (χ2v) is 9.28. The quantitative estimate of drug-likeness (QED) is 0.211. The van der Waals surface area contributed by atoms with Gasteiger partial charge in [0, 0.05) is 40.6 Å². The molecule has 35 heavy (non-hydrogen) atoms. The number of nitrogens with zero attached hydrogens (tertiary/aromatic N) is 5. The van der Waals surface area contributed by atoms with Crippen molar-refractivity contribution in [2.45, 2.75) is 25.9 Å². The average molecular weight is 480 g/mol. The molecule has 174 valence electrons. The minimum atomic E-state index is 0.0625. The average Bonchev–Trinajstić information content (AvgIpc) is 3.44. The zero-order valence-electron chi connectivity index (χ0n) is 19.8. The van der Waals surface area contributed by atoms with Crippen LogP contribution in [0.2, 0.25) is 0 Å². The fourth-order valence-corrected chi connectivity index (χ4v) is 5.13. The van der Waals surface area contributed by atoms with Crippen molar-refractivity contribution in [2.24, 2.45) is 0 Å². The minimum absolute atomic E-state index is 0.0625. The molecule has 0 amide bonds. The van der Waals surface area contributed by atoms with Gasteiger partial charge < -0.3 is 4.57 Å². The molecule has 0 aliphatic heterocycles. The number of aryl methyl sites for hydroxylation is 2. The van der Waals surface area contributed by atoms with Gasteiger partial charge >= 0.3 is 0 Å². The fourth-order valence-electron chi connectivity index (χ4n) is 4.30. The van der Waals surface area contributed by atoms with Crippen molar-refractivity contribution in [3.63, 3.8) is 0 Å². The highest BCUT2D eigenvalue weighted by molar-refractivity contribution is 7.99. The van der Waals surface area contributed by atoms with E-state index in [2.05, 4.69) is 32.7 Å². The molecule has 5 aromatic rings. The molecular formula is C28H25N5OS. The minimum Gasteiger partial charge on any atom is -0.318 e. The predicted octanol–water partition coefficient (Wildman–Crippen LogP) is 6.02. The lowest BCUT2D eigenvalue weighted by molar-refractivity contribution is 0.102. The number of Topliss-reactive ketones (excluding diaryl/α,β-unsaturated/α-hetero) is 1. The van der Waals surface area contributed by atoms with Crippen LogP contribution >= 0.6 is 11.8 Å². The molecule has 0 aliphatic carbocycles. The first-order valence-corrected chi connectivity index (χ1v) is 12.4. The summed E-state index contributed by atoms with van der Waals surface area (Å²) in [4.78, 5) is 17.6. The standard InChI is InChI=1S/C28H25N5OS/c1-19-10-7-8-14-25(19)33-27(22-11-9-15-29-17-22)30-31-28(33)35-18-26(34)24-16-20(2)32(21(24)3)23-12-5-4-6-13-23/h4-17H,18H2,1-3H3. The summed E-state index contributed by atoms with van der Waals surface area (Å²) in [5, 5.41) is 9.60. The SMILES string of the molecule is Cc1ccccc1-n1c(SCC(=O)c2cc(C)n(-c3ccccc3)c2C)nnc1-c1cccnc1. The Morgan fingerprint density at radius 3 is 2.40 bits per heavy atom. The summed E-state index contributed by atoms with van der Waals surface area (Å²) >= 11 is 1.40. The molecule has 0 N–H and O–H groups in total. The van der Waals surface area contributed by atoms with E-state index in [1.807, 2.05) is 85.1 Å². The van der Waals surface area contributed by atoms with Gasteiger partial charge in [0.05, 0.1) is 11.4 Å². The Bertz CT molecular complexity index is 1490. The molecule has 5 rings (SSSR count). The Kier molecular flexibility index (Phi) is 6.33. The van der Waals surface area contributed by atoms with Crippen molar-refractivity contribution in [2.75, 3.05) is 5.75 Å². The number of para-hydroxylation sites is 2. The highest BCUT2D eigenvalue weighted by Gasteiger charge is 2.21. The summed E-state index contributed by atoms with van der Waals surface area (Å²) < 4.78 is 4.13. The number of hydrogen-bond acceptors (Lipinski definition) is 5. The van der Waals surface area contributed by atoms with Gasteiger partial charge in [-0.15, -0.1) is 10.2 Å². The van der Waals surface area contributed by atoms with E-state index in [0.29, 0.717) is 11.0 Å². The molecular weight excluding hydrogens is 454 g/mol. The molecule has 0 saturated carbocycles. The van der Waals surface area contributed by atoms with Crippen LogP contribution in [0.4, 0.5) is 0 Å². The van der Waals surface area contributed by atoms with Crippen molar-refractivity contribution >= 4 is 17.5 Å². The van der Waals surface area contributed by atoms with Gasteiger partial charge in [0.25, 0.3) is 0 Å². The Balaban J connectivity index is 1.47. The van der Waals surface area contributed by atoms with E-state index < -0.39 is 0 Å². The van der Waals surface area contributed by atoms with E-state index in [1.54, 1.807) is 12.4 Å². The van der Waals surface area contributed by atoms with Gasteiger partial charge in [0.1, 0.15) is 0 Å². The molecule has 3 heterocycles. The zero-order chi connectivity index (χ0) is 24.4. The molecule has 0 bridgehead atoms. The van der Waals surface area contributed by atoms with Gasteiger partial charge in [-0.25, -0.2) is 0 Å². The largest absolute Gasteiger partial charge is 0.318 e. The molecule has 7 heteroatoms. The second kappa shape index (κ2) is 9.72. The van der Waals surface area contributed by atoms with Crippen molar-refractivity contribution in [3.8, 4) is 22.8 Å². The Labute approximate surface area is 208 Å². The van der Waals surface area contributed by atoms with Gasteiger partial charge in [-0.3, -0.25) is 14.3 Å². The summed E-state index contributed by atoms with van der Waals surface area (Å²) in [5.74, 6) is 1.02. The molecule has 0 spiro atoms. The van der Waals surface area contributed by atoms with Crippen molar-refractivity contribution in [1.29, 1.82) is 0 Å². The molecule has 0 atom stereocenters. The second-order valence-electron chi connectivity index (χ2n) is 8.34. The first-order chi connectivity index (χ1) is 17.0. The molecule has 0 fully saturated rings. The van der Waals surface area contributed by atoms with Gasteiger partial charge in [0.15, 0.2) is 16.8 Å². The third kappa shape index (κ3) is 4.42. The van der Waals surface area contributed by atoms with Gasteiger partial charge in [-0.1, -0.05) is 48.2 Å². The van der Waals surface area contributed by atoms with E-state index in [4.69, 9.17) is 0 Å². The van der Waals surface area contributed by atoms with Crippen LogP contribution in [0.25, 0.3) is 22.8 Å². The number of pyridine rings is 1. The van der Waals surface area contributed by atoms with Crippen LogP contribution < -0.4 is 0 Å². The summed E-state index contributed by atoms with van der Waals surface area (Å²) in [6.45, 7) is 6.08. The van der Waals surface area contributed by atoms with Gasteiger partial charge in [-0.05, 0) is 62.7 Å². The lowest BCUT2D eigenvalue weighted by atomic mass is 10.2. The number of thioether (sulfide) groups is 1. The lowest BCUT2D eigenvalue weighted by Gasteiger charge is -2.12. The van der Waals surface area contributed by atoms with E-state index in [1.165, 1.54) is 11.8 Å². The smallest absolute Gasteiger partial charge is 0.196 e. The number of hydrogen-bond donors (Lipinski definition) is 0. The van der Waals surface area contributed by atoms with Crippen molar-refractivity contribution in [1.82, 2.24) is 24.3 Å². The maximum absolute atomic E-state index is 13.3.